The van der Waals surface area contributed by atoms with E-state index in [9.17, 15) is 9.59 Å². The Bertz CT molecular complexity index is 442. The lowest BCUT2D eigenvalue weighted by molar-refractivity contribution is -0.128. The second kappa shape index (κ2) is 8.07. The van der Waals surface area contributed by atoms with Gasteiger partial charge in [-0.15, -0.1) is 11.8 Å². The van der Waals surface area contributed by atoms with Crippen molar-refractivity contribution in [3.05, 3.63) is 35.9 Å². The number of benzene rings is 1. The first kappa shape index (κ1) is 15.1. The average molecular weight is 292 g/mol. The van der Waals surface area contributed by atoms with Crippen LogP contribution in [0.1, 0.15) is 16.8 Å². The molecule has 1 heterocycles. The molecule has 1 saturated heterocycles. The summed E-state index contributed by atoms with van der Waals surface area (Å²) in [4.78, 5) is 25.8. The second-order valence-electron chi connectivity index (χ2n) is 4.77. The van der Waals surface area contributed by atoms with Crippen LogP contribution in [-0.2, 0) is 4.79 Å². The molecule has 0 saturated carbocycles. The first-order chi connectivity index (χ1) is 9.77. The summed E-state index contributed by atoms with van der Waals surface area (Å²) in [5.41, 5.74) is 0.714. The van der Waals surface area contributed by atoms with E-state index in [1.807, 2.05) is 35.2 Å². The van der Waals surface area contributed by atoms with Crippen LogP contribution in [0.3, 0.4) is 0 Å². The van der Waals surface area contributed by atoms with Gasteiger partial charge in [-0.05, 0) is 13.0 Å². The molecule has 20 heavy (non-hydrogen) atoms. The van der Waals surface area contributed by atoms with Crippen LogP contribution in [0.4, 0.5) is 0 Å². The minimum Gasteiger partial charge on any atom is -0.341 e. The van der Waals surface area contributed by atoms with Crippen molar-refractivity contribution in [2.24, 2.45) is 0 Å². The lowest BCUT2D eigenvalue weighted by Crippen LogP contribution is -2.35. The van der Waals surface area contributed by atoms with Crippen LogP contribution in [0, 0.1) is 0 Å². The number of nitrogens with zero attached hydrogens (tertiary/aromatic N) is 1. The number of nitrogens with one attached hydrogen (secondary N) is 1. The molecule has 0 aromatic heterocycles. The first-order valence-electron chi connectivity index (χ1n) is 6.92. The first-order valence-corrected chi connectivity index (χ1v) is 8.07. The Labute approximate surface area is 123 Å². The van der Waals surface area contributed by atoms with Crippen molar-refractivity contribution in [2.75, 3.05) is 37.7 Å². The predicted octanol–water partition coefficient (Wildman–Crippen LogP) is 1.42. The Kier molecular flexibility index (Phi) is 6.08. The fourth-order valence-electron chi connectivity index (χ4n) is 2.12. The molecule has 1 aliphatic heterocycles. The van der Waals surface area contributed by atoms with Crippen molar-refractivity contribution >= 4 is 23.5 Å². The Morgan fingerprint density at radius 3 is 2.70 bits per heavy atom. The molecule has 0 atom stereocenters. The minimum atomic E-state index is 0.0842. The smallest absolute Gasteiger partial charge is 0.232 e. The largest absolute Gasteiger partial charge is 0.341 e. The SMILES string of the molecule is O=C(CSCC(=O)N1CCCNCC1)c1ccccc1. The number of carbonyl (C=O) groups excluding carboxylic acids is 2. The maximum atomic E-state index is 12.0. The van der Waals surface area contributed by atoms with Crippen molar-refractivity contribution < 1.29 is 9.59 Å². The highest BCUT2D eigenvalue weighted by Crippen LogP contribution is 2.09. The summed E-state index contributed by atoms with van der Waals surface area (Å²) in [5.74, 6) is 0.973. The highest BCUT2D eigenvalue weighted by molar-refractivity contribution is 8.00. The Balaban J connectivity index is 1.72. The van der Waals surface area contributed by atoms with Gasteiger partial charge in [-0.3, -0.25) is 9.59 Å². The van der Waals surface area contributed by atoms with Gasteiger partial charge < -0.3 is 10.2 Å². The summed E-state index contributed by atoms with van der Waals surface area (Å²) in [6.45, 7) is 3.42. The van der Waals surface area contributed by atoms with Gasteiger partial charge in [0.2, 0.25) is 5.91 Å². The lowest BCUT2D eigenvalue weighted by atomic mass is 10.2. The van der Waals surface area contributed by atoms with E-state index in [0.29, 0.717) is 17.1 Å². The van der Waals surface area contributed by atoms with Crippen molar-refractivity contribution in [3.8, 4) is 0 Å². The summed E-state index contributed by atoms with van der Waals surface area (Å²) in [7, 11) is 0. The van der Waals surface area contributed by atoms with Gasteiger partial charge in [0.25, 0.3) is 0 Å². The van der Waals surface area contributed by atoms with Gasteiger partial charge >= 0.3 is 0 Å². The van der Waals surface area contributed by atoms with E-state index in [1.54, 1.807) is 0 Å². The van der Waals surface area contributed by atoms with Crippen molar-refractivity contribution in [1.82, 2.24) is 10.2 Å². The second-order valence-corrected chi connectivity index (χ2v) is 5.75. The monoisotopic (exact) mass is 292 g/mol. The number of thioether (sulfide) groups is 1. The zero-order valence-corrected chi connectivity index (χ0v) is 12.3. The molecule has 0 radical (unpaired) electrons. The van der Waals surface area contributed by atoms with Gasteiger partial charge in [0.1, 0.15) is 0 Å². The molecule has 1 fully saturated rings. The van der Waals surface area contributed by atoms with Crippen LogP contribution in [0.25, 0.3) is 0 Å². The van der Waals surface area contributed by atoms with Crippen molar-refractivity contribution in [3.63, 3.8) is 0 Å². The molecule has 108 valence electrons. The van der Waals surface area contributed by atoms with Gasteiger partial charge in [0, 0.05) is 25.2 Å². The van der Waals surface area contributed by atoms with Crippen LogP contribution in [-0.4, -0.2) is 54.3 Å². The number of ketones is 1. The molecule has 1 aromatic carbocycles. The molecule has 0 unspecified atom stereocenters. The third kappa shape index (κ3) is 4.65. The fourth-order valence-corrected chi connectivity index (χ4v) is 2.94. The fraction of sp³-hybridized carbons (Fsp3) is 0.467. The standard InChI is InChI=1S/C15H20N2O2S/c18-14(13-5-2-1-3-6-13)11-20-12-15(19)17-9-4-7-16-8-10-17/h1-3,5-6,16H,4,7-12H2. The van der Waals surface area contributed by atoms with E-state index in [1.165, 1.54) is 11.8 Å². The van der Waals surface area contributed by atoms with Crippen LogP contribution in [0.15, 0.2) is 30.3 Å². The molecule has 1 aliphatic rings. The molecule has 2 rings (SSSR count). The number of carbonyl (C=O) groups is 2. The summed E-state index contributed by atoms with van der Waals surface area (Å²) in [5, 5.41) is 3.27. The molecule has 1 N–H and O–H groups in total. The summed E-state index contributed by atoms with van der Waals surface area (Å²) in [6.07, 6.45) is 0.999. The summed E-state index contributed by atoms with van der Waals surface area (Å²) < 4.78 is 0. The molecule has 1 amide bonds. The van der Waals surface area contributed by atoms with Crippen LogP contribution < -0.4 is 5.32 Å². The third-order valence-electron chi connectivity index (χ3n) is 3.25. The summed E-state index contributed by atoms with van der Waals surface area (Å²) in [6, 6.07) is 9.22. The number of hydrogen-bond donors (Lipinski definition) is 1. The van der Waals surface area contributed by atoms with Crippen molar-refractivity contribution in [2.45, 2.75) is 6.42 Å². The number of Topliss-reactive ketones (excluding diaryl/α,β-unsaturated/α-hetero) is 1. The van der Waals surface area contributed by atoms with Crippen molar-refractivity contribution in [1.29, 1.82) is 0 Å². The Morgan fingerprint density at radius 2 is 1.90 bits per heavy atom. The van der Waals surface area contributed by atoms with Gasteiger partial charge in [-0.2, -0.15) is 0 Å². The average Bonchev–Trinajstić information content (AvgIpc) is 2.77. The highest BCUT2D eigenvalue weighted by Gasteiger charge is 2.15. The van der Waals surface area contributed by atoms with E-state index in [0.717, 1.165) is 32.6 Å². The third-order valence-corrected chi connectivity index (χ3v) is 4.16. The topological polar surface area (TPSA) is 49.4 Å². The number of amides is 1. The van der Waals surface area contributed by atoms with Gasteiger partial charge in [-0.25, -0.2) is 0 Å². The maximum absolute atomic E-state index is 12.0. The summed E-state index contributed by atoms with van der Waals surface area (Å²) >= 11 is 1.40. The molecule has 4 nitrogen and oxygen atoms in total. The lowest BCUT2D eigenvalue weighted by Gasteiger charge is -2.19. The van der Waals surface area contributed by atoms with Gasteiger partial charge in [0.05, 0.1) is 11.5 Å². The molecule has 0 aliphatic carbocycles. The molecule has 1 aromatic rings. The van der Waals surface area contributed by atoms with E-state index in [4.69, 9.17) is 0 Å². The molecular weight excluding hydrogens is 272 g/mol. The Hall–Kier alpha value is -1.33. The zero-order chi connectivity index (χ0) is 14.2. The van der Waals surface area contributed by atoms with Crippen LogP contribution in [0.2, 0.25) is 0 Å². The van der Waals surface area contributed by atoms with Crippen LogP contribution >= 0.6 is 11.8 Å². The molecular formula is C15H20N2O2S. The van der Waals surface area contributed by atoms with Gasteiger partial charge in [0.15, 0.2) is 5.78 Å². The highest BCUT2D eigenvalue weighted by atomic mass is 32.2. The Morgan fingerprint density at radius 1 is 1.10 bits per heavy atom. The van der Waals surface area contributed by atoms with E-state index >= 15 is 0 Å². The van der Waals surface area contributed by atoms with E-state index in [2.05, 4.69) is 5.32 Å². The minimum absolute atomic E-state index is 0.0842. The van der Waals surface area contributed by atoms with E-state index < -0.39 is 0 Å². The predicted molar refractivity (Wildman–Crippen MR) is 82.2 cm³/mol. The molecule has 0 bridgehead atoms. The number of rotatable bonds is 5. The zero-order valence-electron chi connectivity index (χ0n) is 11.5. The molecule has 5 heteroatoms. The van der Waals surface area contributed by atoms with E-state index in [-0.39, 0.29) is 11.7 Å². The number of hydrogen-bond acceptors (Lipinski definition) is 4. The van der Waals surface area contributed by atoms with Gasteiger partial charge in [-0.1, -0.05) is 30.3 Å². The normalized spacial score (nSPS) is 15.7. The molecule has 0 spiro atoms. The van der Waals surface area contributed by atoms with Crippen LogP contribution in [0.5, 0.6) is 0 Å². The maximum Gasteiger partial charge on any atom is 0.232 e. The quantitative estimate of drug-likeness (QED) is 0.834.